The van der Waals surface area contributed by atoms with Crippen LogP contribution in [0.4, 0.5) is 0 Å². The van der Waals surface area contributed by atoms with Crippen molar-refractivity contribution < 1.29 is 14.7 Å². The minimum Gasteiger partial charge on any atom is -0.393 e. The summed E-state index contributed by atoms with van der Waals surface area (Å²) < 4.78 is 0. The molecule has 248 valence electrons. The van der Waals surface area contributed by atoms with E-state index in [4.69, 9.17) is 9.97 Å². The molecule has 4 heterocycles. The Bertz CT molecular complexity index is 1530. The highest BCUT2D eigenvalue weighted by Crippen LogP contribution is 2.38. The number of fused-ring (bicyclic) bond motifs is 2. The average Bonchev–Trinajstić information content (AvgIpc) is 3.46. The number of piperidine rings is 2. The number of hydrogen-bond donors (Lipinski definition) is 3. The van der Waals surface area contributed by atoms with E-state index in [0.29, 0.717) is 22.9 Å². The highest BCUT2D eigenvalue weighted by molar-refractivity contribution is 7.19. The van der Waals surface area contributed by atoms with E-state index in [1.54, 1.807) is 0 Å². The zero-order valence-corrected chi connectivity index (χ0v) is 28.7. The molecule has 2 amide bonds. The van der Waals surface area contributed by atoms with Gasteiger partial charge < -0.3 is 25.5 Å². The maximum absolute atomic E-state index is 13.8. The molecule has 0 bridgehead atoms. The number of likely N-dealkylation sites (tertiary alicyclic amines) is 2. The molecule has 46 heavy (non-hydrogen) atoms. The summed E-state index contributed by atoms with van der Waals surface area (Å²) in [4.78, 5) is 42.2. The Kier molecular flexibility index (Phi) is 10.1. The van der Waals surface area contributed by atoms with Gasteiger partial charge in [0.2, 0.25) is 0 Å². The van der Waals surface area contributed by atoms with Crippen molar-refractivity contribution in [2.24, 2.45) is 11.3 Å². The van der Waals surface area contributed by atoms with Crippen LogP contribution in [0.3, 0.4) is 0 Å². The predicted molar refractivity (Wildman–Crippen MR) is 183 cm³/mol. The molecule has 2 aliphatic heterocycles. The van der Waals surface area contributed by atoms with Gasteiger partial charge in [-0.1, -0.05) is 44.2 Å². The largest absolute Gasteiger partial charge is 0.393 e. The monoisotopic (exact) mass is 646 g/mol. The number of nitrogens with zero attached hydrogens (tertiary/aromatic N) is 4. The van der Waals surface area contributed by atoms with E-state index in [1.807, 2.05) is 24.3 Å². The zero-order valence-electron chi connectivity index (χ0n) is 27.8. The van der Waals surface area contributed by atoms with Crippen molar-refractivity contribution >= 4 is 33.5 Å². The van der Waals surface area contributed by atoms with Crippen LogP contribution in [0, 0.1) is 11.3 Å². The third kappa shape index (κ3) is 7.95. The fourth-order valence-electron chi connectivity index (χ4n) is 7.16. The quantitative estimate of drug-likeness (QED) is 0.317. The number of pyridine rings is 1. The molecular formula is C36H50N6O3S. The van der Waals surface area contributed by atoms with Gasteiger partial charge in [0.1, 0.15) is 10.3 Å². The van der Waals surface area contributed by atoms with Gasteiger partial charge in [-0.2, -0.15) is 0 Å². The van der Waals surface area contributed by atoms with Gasteiger partial charge in [-0.15, -0.1) is 0 Å². The predicted octanol–water partition coefficient (Wildman–Crippen LogP) is 4.98. The number of thiazole rings is 1. The number of nitrogens with one attached hydrogen (secondary N) is 2. The molecule has 0 saturated carbocycles. The number of amides is 2. The lowest BCUT2D eigenvalue weighted by Gasteiger charge is -2.34. The maximum Gasteiger partial charge on any atom is 0.280 e. The molecule has 1 aliphatic carbocycles. The van der Waals surface area contributed by atoms with Crippen molar-refractivity contribution in [2.75, 3.05) is 39.8 Å². The van der Waals surface area contributed by atoms with Crippen molar-refractivity contribution in [3.63, 3.8) is 0 Å². The van der Waals surface area contributed by atoms with Crippen LogP contribution in [0.25, 0.3) is 10.3 Å². The summed E-state index contributed by atoms with van der Waals surface area (Å²) >= 11 is 1.36. The summed E-state index contributed by atoms with van der Waals surface area (Å²) in [5.41, 5.74) is 4.95. The van der Waals surface area contributed by atoms with Crippen LogP contribution >= 0.6 is 11.3 Å². The van der Waals surface area contributed by atoms with Crippen molar-refractivity contribution in [3.05, 3.63) is 57.7 Å². The van der Waals surface area contributed by atoms with E-state index >= 15 is 0 Å². The lowest BCUT2D eigenvalue weighted by molar-refractivity contribution is 0.0795. The topological polar surface area (TPSA) is 111 Å². The van der Waals surface area contributed by atoms with E-state index in [9.17, 15) is 14.7 Å². The molecule has 2 aromatic heterocycles. The number of aryl methyl sites for hydroxylation is 1. The molecule has 10 heteroatoms. The summed E-state index contributed by atoms with van der Waals surface area (Å²) in [5, 5.41) is 16.9. The van der Waals surface area contributed by atoms with Crippen LogP contribution in [-0.2, 0) is 12.8 Å². The first-order valence-electron chi connectivity index (χ1n) is 17.1. The fraction of sp³-hybridized carbons (Fsp3) is 0.611. The van der Waals surface area contributed by atoms with Gasteiger partial charge in [-0.05, 0) is 112 Å². The first kappa shape index (κ1) is 33.0. The Morgan fingerprint density at radius 1 is 1.02 bits per heavy atom. The molecule has 2 fully saturated rings. The van der Waals surface area contributed by atoms with Gasteiger partial charge >= 0.3 is 0 Å². The first-order chi connectivity index (χ1) is 22.0. The van der Waals surface area contributed by atoms with Gasteiger partial charge in [0.05, 0.1) is 12.1 Å². The maximum atomic E-state index is 13.8. The Labute approximate surface area is 277 Å². The lowest BCUT2D eigenvalue weighted by Crippen LogP contribution is -2.43. The number of hydrogen-bond acceptors (Lipinski definition) is 8. The van der Waals surface area contributed by atoms with Gasteiger partial charge in [-0.25, -0.2) is 9.97 Å². The second kappa shape index (κ2) is 14.1. The number of carbonyl (C=O) groups excluding carboxylic acids is 2. The van der Waals surface area contributed by atoms with Gasteiger partial charge in [0, 0.05) is 36.9 Å². The van der Waals surface area contributed by atoms with Gasteiger partial charge in [0.15, 0.2) is 5.01 Å². The second-order valence-electron chi connectivity index (χ2n) is 14.8. The number of rotatable bonds is 8. The van der Waals surface area contributed by atoms with E-state index in [2.05, 4.69) is 54.3 Å². The Hall–Kier alpha value is -2.92. The van der Waals surface area contributed by atoms with Crippen LogP contribution in [0.5, 0.6) is 0 Å². The Morgan fingerprint density at radius 2 is 1.78 bits per heavy atom. The molecule has 1 unspecified atom stereocenters. The normalized spacial score (nSPS) is 21.2. The van der Waals surface area contributed by atoms with E-state index in [-0.39, 0.29) is 35.4 Å². The summed E-state index contributed by atoms with van der Waals surface area (Å²) in [6.45, 7) is 11.3. The van der Waals surface area contributed by atoms with Crippen molar-refractivity contribution in [2.45, 2.75) is 90.3 Å². The summed E-state index contributed by atoms with van der Waals surface area (Å²) in [7, 11) is 2.11. The summed E-state index contributed by atoms with van der Waals surface area (Å²) in [6, 6.07) is 9.71. The highest BCUT2D eigenvalue weighted by atomic mass is 32.1. The minimum atomic E-state index is -0.295. The molecular weight excluding hydrogens is 597 g/mol. The van der Waals surface area contributed by atoms with Crippen LogP contribution in [0.15, 0.2) is 30.3 Å². The molecule has 2 saturated heterocycles. The molecule has 0 radical (unpaired) electrons. The standard InChI is InChI=1S/C36H50N6O3S/c1-36(2,3)26-8-9-29-25(21-26)22-31-34(39-29)46-35(40-31)33(45)38-30(14-19-42-17-12-28(43)13-18-42)23-6-5-7-24(20-23)32(44)37-27-10-15-41(4)16-11-27/h5-7,20,22,26-28,30,43H,8-19,21H2,1-4H3,(H,37,44)(H,38,45)/t26-,30?/m0/s1. The van der Waals surface area contributed by atoms with Crippen LogP contribution < -0.4 is 10.6 Å². The van der Waals surface area contributed by atoms with Crippen molar-refractivity contribution in [1.29, 1.82) is 0 Å². The number of aromatic nitrogens is 2. The number of aliphatic hydroxyl groups is 1. The highest BCUT2D eigenvalue weighted by Gasteiger charge is 2.30. The molecule has 2 atom stereocenters. The number of benzene rings is 1. The molecule has 0 spiro atoms. The van der Waals surface area contributed by atoms with E-state index in [0.717, 1.165) is 99.3 Å². The van der Waals surface area contributed by atoms with Crippen molar-refractivity contribution in [3.8, 4) is 0 Å². The minimum absolute atomic E-state index is 0.0681. The van der Waals surface area contributed by atoms with Crippen molar-refractivity contribution in [1.82, 2.24) is 30.4 Å². The summed E-state index contributed by atoms with van der Waals surface area (Å²) in [5.74, 6) is 0.321. The zero-order chi connectivity index (χ0) is 32.4. The van der Waals surface area contributed by atoms with E-state index in [1.165, 1.54) is 16.9 Å². The van der Waals surface area contributed by atoms with Gasteiger partial charge in [-0.3, -0.25) is 9.59 Å². The molecule has 3 N–H and O–H groups in total. The molecule has 3 aliphatic rings. The Morgan fingerprint density at radius 3 is 2.52 bits per heavy atom. The third-order valence-electron chi connectivity index (χ3n) is 10.4. The average molecular weight is 647 g/mol. The molecule has 1 aromatic carbocycles. The number of aliphatic hydroxyl groups excluding tert-OH is 1. The van der Waals surface area contributed by atoms with Crippen LogP contribution in [0.1, 0.15) is 102 Å². The lowest BCUT2D eigenvalue weighted by atomic mass is 9.71. The van der Waals surface area contributed by atoms with E-state index < -0.39 is 0 Å². The van der Waals surface area contributed by atoms with Crippen LogP contribution in [0.2, 0.25) is 0 Å². The smallest absolute Gasteiger partial charge is 0.280 e. The molecule has 3 aromatic rings. The third-order valence-corrected chi connectivity index (χ3v) is 11.3. The van der Waals surface area contributed by atoms with Crippen LogP contribution in [-0.4, -0.2) is 88.6 Å². The fourth-order valence-corrected chi connectivity index (χ4v) is 8.01. The first-order valence-corrected chi connectivity index (χ1v) is 17.9. The second-order valence-corrected chi connectivity index (χ2v) is 15.8. The molecule has 6 rings (SSSR count). The van der Waals surface area contributed by atoms with Gasteiger partial charge in [0.25, 0.3) is 11.8 Å². The SMILES string of the molecule is CN1CCC(NC(=O)c2cccc(C(CCN3CCC(O)CC3)NC(=O)c3nc4cc5c(nc4s3)CC[C@H](C(C)(C)C)C5)c2)CC1. The summed E-state index contributed by atoms with van der Waals surface area (Å²) in [6.07, 6.45) is 6.98. The molecule has 9 nitrogen and oxygen atoms in total. The Balaban J connectivity index is 1.19. The number of carbonyl (C=O) groups is 2.